The van der Waals surface area contributed by atoms with Crippen LogP contribution >= 0.6 is 11.3 Å². The lowest BCUT2D eigenvalue weighted by Gasteiger charge is -2.17. The molecule has 1 amide bonds. The molecule has 3 rings (SSSR count). The number of nitrogens with zero attached hydrogens (tertiary/aromatic N) is 5. The molecule has 0 saturated carbocycles. The van der Waals surface area contributed by atoms with E-state index in [-0.39, 0.29) is 17.7 Å². The van der Waals surface area contributed by atoms with E-state index in [0.717, 1.165) is 11.4 Å². The number of aromatic nitrogens is 4. The normalized spacial score (nSPS) is 11.8. The number of thiophene rings is 1. The summed E-state index contributed by atoms with van der Waals surface area (Å²) in [5.74, 6) is -0.561. The summed E-state index contributed by atoms with van der Waals surface area (Å²) in [5.41, 5.74) is 12.8. The van der Waals surface area contributed by atoms with E-state index in [9.17, 15) is 9.59 Å². The molecule has 0 radical (unpaired) electrons. The molecule has 0 saturated heterocycles. The second kappa shape index (κ2) is 9.51. The lowest BCUT2D eigenvalue weighted by atomic mass is 10.1. The third-order valence-electron chi connectivity index (χ3n) is 4.46. The highest BCUT2D eigenvalue weighted by Gasteiger charge is 2.22. The SMILES string of the molecule is CCCC(NC(=O)c1ccc(N(C)Cc2cnc3nc(N)nc(N)c3n2)s1)C(=O)OC. The third-order valence-corrected chi connectivity index (χ3v) is 5.66. The lowest BCUT2D eigenvalue weighted by Crippen LogP contribution is -2.41. The van der Waals surface area contributed by atoms with Gasteiger partial charge in [-0.25, -0.2) is 14.8 Å². The summed E-state index contributed by atoms with van der Waals surface area (Å²) in [5, 5.41) is 3.58. The van der Waals surface area contributed by atoms with Gasteiger partial charge in [0.05, 0.1) is 35.4 Å². The van der Waals surface area contributed by atoms with Crippen LogP contribution in [0.5, 0.6) is 0 Å². The van der Waals surface area contributed by atoms with Gasteiger partial charge >= 0.3 is 5.97 Å². The number of methoxy groups -OCH3 is 1. The molecule has 3 heterocycles. The quantitative estimate of drug-likeness (QED) is 0.432. The number of fused-ring (bicyclic) bond motifs is 1. The molecule has 0 spiro atoms. The average molecular weight is 445 g/mol. The van der Waals surface area contributed by atoms with Crippen LogP contribution in [-0.4, -0.2) is 52.0 Å². The van der Waals surface area contributed by atoms with E-state index in [1.54, 1.807) is 12.3 Å². The number of anilines is 3. The van der Waals surface area contributed by atoms with Crippen LogP contribution in [0.3, 0.4) is 0 Å². The highest BCUT2D eigenvalue weighted by atomic mass is 32.1. The smallest absolute Gasteiger partial charge is 0.328 e. The van der Waals surface area contributed by atoms with Crippen molar-refractivity contribution >= 4 is 51.1 Å². The van der Waals surface area contributed by atoms with Crippen LogP contribution in [-0.2, 0) is 16.1 Å². The van der Waals surface area contributed by atoms with Crippen molar-refractivity contribution in [3.63, 3.8) is 0 Å². The Balaban J connectivity index is 1.71. The minimum atomic E-state index is -0.666. The Bertz CT molecular complexity index is 1100. The van der Waals surface area contributed by atoms with E-state index >= 15 is 0 Å². The highest BCUT2D eigenvalue weighted by Crippen LogP contribution is 2.26. The minimum Gasteiger partial charge on any atom is -0.467 e. The van der Waals surface area contributed by atoms with Gasteiger partial charge in [0.1, 0.15) is 6.04 Å². The van der Waals surface area contributed by atoms with Gasteiger partial charge in [-0.15, -0.1) is 11.3 Å². The summed E-state index contributed by atoms with van der Waals surface area (Å²) in [6.45, 7) is 2.36. The molecule has 0 aliphatic carbocycles. The number of carbonyl (C=O) groups excluding carboxylic acids is 2. The van der Waals surface area contributed by atoms with Crippen LogP contribution in [0.4, 0.5) is 16.8 Å². The number of amides is 1. The molecule has 11 nitrogen and oxygen atoms in total. The molecule has 1 unspecified atom stereocenters. The summed E-state index contributed by atoms with van der Waals surface area (Å²) >= 11 is 1.30. The Labute approximate surface area is 182 Å². The van der Waals surface area contributed by atoms with Gasteiger partial charge in [0.15, 0.2) is 17.0 Å². The zero-order valence-corrected chi connectivity index (χ0v) is 18.3. The molecular weight excluding hydrogens is 420 g/mol. The second-order valence-electron chi connectivity index (χ2n) is 6.83. The molecule has 0 aliphatic heterocycles. The van der Waals surface area contributed by atoms with Crippen molar-refractivity contribution in [2.75, 3.05) is 30.5 Å². The molecule has 1 atom stereocenters. The van der Waals surface area contributed by atoms with Gasteiger partial charge in [-0.05, 0) is 18.6 Å². The molecule has 0 aliphatic rings. The number of hydrogen-bond donors (Lipinski definition) is 3. The fourth-order valence-corrected chi connectivity index (χ4v) is 3.81. The summed E-state index contributed by atoms with van der Waals surface area (Å²) in [4.78, 5) is 43.5. The summed E-state index contributed by atoms with van der Waals surface area (Å²) in [6, 6.07) is 2.88. The average Bonchev–Trinajstić information content (AvgIpc) is 3.24. The van der Waals surface area contributed by atoms with Gasteiger partial charge in [0.2, 0.25) is 5.95 Å². The van der Waals surface area contributed by atoms with Crippen molar-refractivity contribution in [3.05, 3.63) is 28.9 Å². The highest BCUT2D eigenvalue weighted by molar-refractivity contribution is 7.17. The molecule has 0 bridgehead atoms. The summed E-state index contributed by atoms with van der Waals surface area (Å²) in [7, 11) is 3.18. The van der Waals surface area contributed by atoms with Crippen molar-refractivity contribution in [2.24, 2.45) is 0 Å². The Morgan fingerprint density at radius 2 is 2.03 bits per heavy atom. The van der Waals surface area contributed by atoms with Crippen molar-refractivity contribution in [1.82, 2.24) is 25.3 Å². The first-order valence-electron chi connectivity index (χ1n) is 9.56. The van der Waals surface area contributed by atoms with Gasteiger partial charge in [-0.2, -0.15) is 9.97 Å². The number of rotatable bonds is 8. The molecule has 5 N–H and O–H groups in total. The largest absolute Gasteiger partial charge is 0.467 e. The van der Waals surface area contributed by atoms with Crippen molar-refractivity contribution in [1.29, 1.82) is 0 Å². The van der Waals surface area contributed by atoms with Crippen LogP contribution < -0.4 is 21.7 Å². The van der Waals surface area contributed by atoms with E-state index < -0.39 is 12.0 Å². The van der Waals surface area contributed by atoms with Crippen LogP contribution in [0.1, 0.15) is 35.1 Å². The maximum atomic E-state index is 12.6. The number of hydrogen-bond acceptors (Lipinski definition) is 11. The molecule has 12 heteroatoms. The predicted molar refractivity (Wildman–Crippen MR) is 119 cm³/mol. The third kappa shape index (κ3) is 5.15. The predicted octanol–water partition coefficient (Wildman–Crippen LogP) is 1.35. The fourth-order valence-electron chi connectivity index (χ4n) is 2.94. The Kier molecular flexibility index (Phi) is 6.80. The van der Waals surface area contributed by atoms with E-state index in [2.05, 4.69) is 25.3 Å². The summed E-state index contributed by atoms with van der Waals surface area (Å²) in [6.07, 6.45) is 2.85. The maximum absolute atomic E-state index is 12.6. The van der Waals surface area contributed by atoms with Crippen LogP contribution in [0.2, 0.25) is 0 Å². The van der Waals surface area contributed by atoms with Crippen LogP contribution in [0.25, 0.3) is 11.2 Å². The van der Waals surface area contributed by atoms with E-state index in [1.807, 2.05) is 24.9 Å². The van der Waals surface area contributed by atoms with Crippen molar-refractivity contribution < 1.29 is 14.3 Å². The molecule has 3 aromatic heterocycles. The Morgan fingerprint density at radius 3 is 2.74 bits per heavy atom. The number of nitrogens with two attached hydrogens (primary N) is 2. The van der Waals surface area contributed by atoms with Crippen molar-refractivity contribution in [3.8, 4) is 0 Å². The van der Waals surface area contributed by atoms with Gasteiger partial charge in [0.25, 0.3) is 5.91 Å². The number of ether oxygens (including phenoxy) is 1. The van der Waals surface area contributed by atoms with E-state index in [0.29, 0.717) is 34.7 Å². The van der Waals surface area contributed by atoms with Crippen LogP contribution in [0.15, 0.2) is 18.3 Å². The monoisotopic (exact) mass is 444 g/mol. The van der Waals surface area contributed by atoms with Gasteiger partial charge in [-0.1, -0.05) is 13.3 Å². The molecule has 3 aromatic rings. The first-order valence-corrected chi connectivity index (χ1v) is 10.4. The number of nitrogen functional groups attached to an aromatic ring is 2. The second-order valence-corrected chi connectivity index (χ2v) is 7.89. The topological polar surface area (TPSA) is 162 Å². The van der Waals surface area contributed by atoms with E-state index in [1.165, 1.54) is 18.4 Å². The standard InChI is InChI=1S/C19H24N8O3S/c1-4-5-11(18(29)30-3)24-17(28)12-6-7-13(31-12)27(2)9-10-8-22-16-14(23-10)15(20)25-19(21)26-16/h6-8,11H,4-5,9H2,1-3H3,(H,24,28)(H4,20,21,22,25,26). The molecule has 0 aromatic carbocycles. The number of esters is 1. The first-order chi connectivity index (χ1) is 14.8. The van der Waals surface area contributed by atoms with Crippen LogP contribution in [0, 0.1) is 0 Å². The Hall–Kier alpha value is -3.54. The lowest BCUT2D eigenvalue weighted by molar-refractivity contribution is -0.143. The molecule has 0 fully saturated rings. The first kappa shape index (κ1) is 22.2. The van der Waals surface area contributed by atoms with E-state index in [4.69, 9.17) is 16.2 Å². The van der Waals surface area contributed by atoms with Gasteiger partial charge in [0, 0.05) is 7.05 Å². The van der Waals surface area contributed by atoms with Gasteiger partial charge < -0.3 is 26.4 Å². The zero-order valence-electron chi connectivity index (χ0n) is 17.5. The maximum Gasteiger partial charge on any atom is 0.328 e. The Morgan fingerprint density at radius 1 is 1.26 bits per heavy atom. The van der Waals surface area contributed by atoms with Crippen molar-refractivity contribution in [2.45, 2.75) is 32.4 Å². The minimum absolute atomic E-state index is 0.0435. The number of nitrogens with one attached hydrogen (secondary N) is 1. The molecule has 164 valence electrons. The zero-order chi connectivity index (χ0) is 22.5. The fraction of sp³-hybridized carbons (Fsp3) is 0.368. The molecular formula is C19H24N8O3S. The number of carbonyl (C=O) groups is 2. The summed E-state index contributed by atoms with van der Waals surface area (Å²) < 4.78 is 4.76. The van der Waals surface area contributed by atoms with Gasteiger partial charge in [-0.3, -0.25) is 4.79 Å². The molecule has 31 heavy (non-hydrogen) atoms.